The van der Waals surface area contributed by atoms with Gasteiger partial charge in [-0.15, -0.1) is 0 Å². The molecule has 4 aliphatic carbocycles. The standard InChI is InChI=1S/C35H27BrO2/c1-33(2)27-16-9-17-31(36)25(27)20-30-29(33)21-26-28(35(30,38)24-14-7-4-8-15-24)19-22-11-10-18-34(37,32(22)26)23-12-5-3-6-13-23/h3-21,37-38H,1-2H3. The van der Waals surface area contributed by atoms with Crippen molar-refractivity contribution in [3.05, 3.63) is 169 Å². The first-order valence-corrected chi connectivity index (χ1v) is 13.7. The van der Waals surface area contributed by atoms with Crippen LogP contribution in [0.3, 0.4) is 0 Å². The molecule has 7 rings (SSSR count). The van der Waals surface area contributed by atoms with Crippen LogP contribution >= 0.6 is 15.9 Å². The molecular weight excluding hydrogens is 532 g/mol. The third kappa shape index (κ3) is 3.01. The molecule has 0 amide bonds. The molecule has 0 aromatic heterocycles. The van der Waals surface area contributed by atoms with Gasteiger partial charge in [0.2, 0.25) is 0 Å². The van der Waals surface area contributed by atoms with Crippen LogP contribution in [0.4, 0.5) is 0 Å². The number of hydrogen-bond acceptors (Lipinski definition) is 2. The lowest BCUT2D eigenvalue weighted by Crippen LogP contribution is -2.41. The highest BCUT2D eigenvalue weighted by atomic mass is 79.9. The first kappa shape index (κ1) is 23.6. The van der Waals surface area contributed by atoms with Crippen LogP contribution in [0.1, 0.15) is 36.1 Å². The van der Waals surface area contributed by atoms with E-state index in [1.165, 1.54) is 5.56 Å². The fourth-order valence-electron chi connectivity index (χ4n) is 6.68. The number of rotatable bonds is 2. The van der Waals surface area contributed by atoms with Crippen molar-refractivity contribution in [2.24, 2.45) is 0 Å². The number of halogens is 1. The average Bonchev–Trinajstić information content (AvgIpc) is 3.32. The van der Waals surface area contributed by atoms with Gasteiger partial charge in [-0.1, -0.05) is 115 Å². The number of fused-ring (bicyclic) bond motifs is 4. The maximum absolute atomic E-state index is 13.0. The van der Waals surface area contributed by atoms with Crippen LogP contribution in [-0.4, -0.2) is 10.2 Å². The van der Waals surface area contributed by atoms with Crippen LogP contribution in [-0.2, 0) is 16.6 Å². The van der Waals surface area contributed by atoms with Gasteiger partial charge >= 0.3 is 0 Å². The third-order valence-electron chi connectivity index (χ3n) is 8.59. The molecule has 0 radical (unpaired) electrons. The minimum atomic E-state index is -1.40. The van der Waals surface area contributed by atoms with E-state index in [9.17, 15) is 10.2 Å². The Morgan fingerprint density at radius 2 is 1.37 bits per heavy atom. The largest absolute Gasteiger partial charge is 0.377 e. The van der Waals surface area contributed by atoms with Crippen molar-refractivity contribution in [1.29, 1.82) is 0 Å². The molecule has 0 heterocycles. The molecule has 2 unspecified atom stereocenters. The Hall–Kier alpha value is -3.50. The second-order valence-corrected chi connectivity index (χ2v) is 11.8. The summed E-state index contributed by atoms with van der Waals surface area (Å²) in [7, 11) is 0. The summed E-state index contributed by atoms with van der Waals surface area (Å²) in [6.45, 7) is 4.44. The van der Waals surface area contributed by atoms with Gasteiger partial charge in [0.1, 0.15) is 11.2 Å². The summed E-state index contributed by atoms with van der Waals surface area (Å²) in [6.07, 6.45) is 12.2. The van der Waals surface area contributed by atoms with Gasteiger partial charge < -0.3 is 10.2 Å². The highest BCUT2D eigenvalue weighted by molar-refractivity contribution is 9.10. The first-order chi connectivity index (χ1) is 18.3. The fraction of sp³-hybridized carbons (Fsp3) is 0.143. The molecule has 0 spiro atoms. The molecular formula is C35H27BrO2. The summed E-state index contributed by atoms with van der Waals surface area (Å²) >= 11 is 3.77. The van der Waals surface area contributed by atoms with Gasteiger partial charge in [-0.2, -0.15) is 0 Å². The SMILES string of the molecule is CC1(C)C2=CC3=C4C(=CC=CC4(O)c4ccccc4)C=C3C(O)(c3ccccc3)C2=Cc2c(Br)cccc21. The second kappa shape index (κ2) is 8.00. The highest BCUT2D eigenvalue weighted by Crippen LogP contribution is 2.60. The third-order valence-corrected chi connectivity index (χ3v) is 9.29. The summed E-state index contributed by atoms with van der Waals surface area (Å²) in [5, 5.41) is 25.3. The minimum absolute atomic E-state index is 0.382. The Morgan fingerprint density at radius 3 is 2.08 bits per heavy atom. The molecule has 2 atom stereocenters. The number of hydrogen-bond donors (Lipinski definition) is 2. The van der Waals surface area contributed by atoms with Gasteiger partial charge in [-0.3, -0.25) is 0 Å². The Bertz CT molecular complexity index is 1700. The van der Waals surface area contributed by atoms with E-state index in [4.69, 9.17) is 0 Å². The van der Waals surface area contributed by atoms with Gasteiger partial charge in [0, 0.05) is 21.0 Å². The maximum atomic E-state index is 13.0. The molecule has 3 aromatic rings. The van der Waals surface area contributed by atoms with Crippen molar-refractivity contribution in [3.63, 3.8) is 0 Å². The molecule has 38 heavy (non-hydrogen) atoms. The van der Waals surface area contributed by atoms with Crippen LogP contribution in [0.2, 0.25) is 0 Å². The summed E-state index contributed by atoms with van der Waals surface area (Å²) < 4.78 is 1.01. The lowest BCUT2D eigenvalue weighted by atomic mass is 9.59. The molecule has 3 heteroatoms. The zero-order valence-electron chi connectivity index (χ0n) is 21.2. The van der Waals surface area contributed by atoms with E-state index in [0.29, 0.717) is 0 Å². The van der Waals surface area contributed by atoms with Crippen LogP contribution < -0.4 is 0 Å². The van der Waals surface area contributed by atoms with E-state index in [2.05, 4.69) is 66.2 Å². The summed E-state index contributed by atoms with van der Waals surface area (Å²) in [6, 6.07) is 26.0. The molecule has 3 aromatic carbocycles. The van der Waals surface area contributed by atoms with E-state index in [-0.39, 0.29) is 5.41 Å². The number of benzene rings is 3. The van der Waals surface area contributed by atoms with E-state index in [1.54, 1.807) is 0 Å². The predicted octanol–water partition coefficient (Wildman–Crippen LogP) is 7.57. The fourth-order valence-corrected chi connectivity index (χ4v) is 7.16. The zero-order valence-corrected chi connectivity index (χ0v) is 22.8. The summed E-state index contributed by atoms with van der Waals surface area (Å²) in [4.78, 5) is 0. The van der Waals surface area contributed by atoms with Crippen molar-refractivity contribution < 1.29 is 10.2 Å². The van der Waals surface area contributed by atoms with Crippen molar-refractivity contribution in [2.75, 3.05) is 0 Å². The Morgan fingerprint density at radius 1 is 0.684 bits per heavy atom. The molecule has 0 fully saturated rings. The van der Waals surface area contributed by atoms with E-state index in [0.717, 1.165) is 54.6 Å². The highest BCUT2D eigenvalue weighted by Gasteiger charge is 2.53. The molecule has 0 bridgehead atoms. The quantitative estimate of drug-likeness (QED) is 0.340. The molecule has 2 nitrogen and oxygen atoms in total. The van der Waals surface area contributed by atoms with Crippen LogP contribution in [0.15, 0.2) is 147 Å². The lowest BCUT2D eigenvalue weighted by Gasteiger charge is -2.46. The van der Waals surface area contributed by atoms with E-state index >= 15 is 0 Å². The molecule has 186 valence electrons. The molecule has 0 saturated carbocycles. The van der Waals surface area contributed by atoms with Gasteiger partial charge in [-0.05, 0) is 74.9 Å². The maximum Gasteiger partial charge on any atom is 0.141 e. The van der Waals surface area contributed by atoms with Crippen molar-refractivity contribution >= 4 is 22.0 Å². The number of aliphatic hydroxyl groups is 2. The van der Waals surface area contributed by atoms with Gasteiger partial charge in [0.05, 0.1) is 0 Å². The molecule has 0 aliphatic heterocycles. The van der Waals surface area contributed by atoms with Crippen molar-refractivity contribution in [2.45, 2.75) is 30.5 Å². The van der Waals surface area contributed by atoms with Gasteiger partial charge in [0.15, 0.2) is 0 Å². The summed E-state index contributed by atoms with van der Waals surface area (Å²) in [5.41, 5.74) is 6.17. The van der Waals surface area contributed by atoms with Crippen LogP contribution in [0, 0.1) is 0 Å². The number of allylic oxidation sites excluding steroid dienone is 4. The smallest absolute Gasteiger partial charge is 0.141 e. The molecule has 4 aliphatic rings. The predicted molar refractivity (Wildman–Crippen MR) is 156 cm³/mol. The molecule has 2 N–H and O–H groups in total. The van der Waals surface area contributed by atoms with Gasteiger partial charge in [-0.25, -0.2) is 0 Å². The molecule has 0 saturated heterocycles. The van der Waals surface area contributed by atoms with E-state index in [1.807, 2.05) is 78.9 Å². The Kier molecular flexibility index (Phi) is 4.97. The Labute approximate surface area is 231 Å². The first-order valence-electron chi connectivity index (χ1n) is 12.9. The Balaban J connectivity index is 1.60. The lowest BCUT2D eigenvalue weighted by molar-refractivity contribution is 0.116. The second-order valence-electron chi connectivity index (χ2n) is 11.0. The van der Waals surface area contributed by atoms with Crippen molar-refractivity contribution in [3.8, 4) is 0 Å². The topological polar surface area (TPSA) is 40.5 Å². The van der Waals surface area contributed by atoms with Crippen LogP contribution in [0.25, 0.3) is 6.08 Å². The average molecular weight is 560 g/mol. The van der Waals surface area contributed by atoms with Gasteiger partial charge in [0.25, 0.3) is 0 Å². The van der Waals surface area contributed by atoms with Crippen molar-refractivity contribution in [1.82, 2.24) is 0 Å². The normalized spacial score (nSPS) is 26.3. The summed E-state index contributed by atoms with van der Waals surface area (Å²) in [5.74, 6) is 0. The van der Waals surface area contributed by atoms with E-state index < -0.39 is 11.2 Å². The zero-order chi connectivity index (χ0) is 26.3. The monoisotopic (exact) mass is 558 g/mol. The van der Waals surface area contributed by atoms with Crippen LogP contribution in [0.5, 0.6) is 0 Å². The minimum Gasteiger partial charge on any atom is -0.377 e.